The molecule has 2 N–H and O–H groups in total. The van der Waals surface area contributed by atoms with Crippen LogP contribution in [0.1, 0.15) is 82.5 Å². The van der Waals surface area contributed by atoms with E-state index in [4.69, 9.17) is 15.0 Å². The smallest absolute Gasteiger partial charge is 0.243 e. The van der Waals surface area contributed by atoms with Crippen LogP contribution in [0, 0.1) is 5.92 Å². The van der Waals surface area contributed by atoms with E-state index in [1.54, 1.807) is 0 Å². The van der Waals surface area contributed by atoms with Crippen molar-refractivity contribution in [1.29, 1.82) is 0 Å². The van der Waals surface area contributed by atoms with Crippen molar-refractivity contribution in [2.24, 2.45) is 11.7 Å². The molecule has 5 heteroatoms. The first-order chi connectivity index (χ1) is 10.2. The quantitative estimate of drug-likeness (QED) is 0.900. The Morgan fingerprint density at radius 3 is 2.62 bits per heavy atom. The van der Waals surface area contributed by atoms with Gasteiger partial charge in [-0.3, -0.25) is 0 Å². The minimum absolute atomic E-state index is 0.119. The lowest BCUT2D eigenvalue weighted by Gasteiger charge is -2.26. The largest absolute Gasteiger partial charge is 0.367 e. The summed E-state index contributed by atoms with van der Waals surface area (Å²) in [5, 5.41) is 4.21. The molecule has 118 valence electrons. The zero-order valence-corrected chi connectivity index (χ0v) is 13.0. The number of aromatic nitrogens is 2. The number of rotatable bonds is 5. The highest BCUT2D eigenvalue weighted by Gasteiger charge is 2.41. The van der Waals surface area contributed by atoms with E-state index in [1.165, 1.54) is 44.9 Å². The summed E-state index contributed by atoms with van der Waals surface area (Å²) < 4.78 is 11.5. The summed E-state index contributed by atoms with van der Waals surface area (Å²) in [6.07, 6.45) is 10.5. The summed E-state index contributed by atoms with van der Waals surface area (Å²) in [7, 11) is 0. The Kier molecular flexibility index (Phi) is 4.60. The summed E-state index contributed by atoms with van der Waals surface area (Å²) in [5.74, 6) is 1.80. The third-order valence-electron chi connectivity index (χ3n) is 5.12. The maximum atomic E-state index is 6.36. The predicted molar refractivity (Wildman–Crippen MR) is 79.6 cm³/mol. The molecule has 1 aromatic heterocycles. The molecule has 2 saturated carbocycles. The molecule has 5 nitrogen and oxygen atoms in total. The molecule has 0 amide bonds. The van der Waals surface area contributed by atoms with Gasteiger partial charge in [0.1, 0.15) is 5.60 Å². The van der Waals surface area contributed by atoms with E-state index in [-0.39, 0.29) is 11.6 Å². The standard InChI is InChI=1S/C16H27N3O2/c1-2-20-16(10-6-7-11-16)15-18-14(21-19-15)13(17)12-8-4-3-5-9-12/h12-13H,2-11,17H2,1H3. The molecule has 0 radical (unpaired) electrons. The molecule has 0 aromatic carbocycles. The van der Waals surface area contributed by atoms with Gasteiger partial charge in [-0.15, -0.1) is 0 Å². The summed E-state index contributed by atoms with van der Waals surface area (Å²) in [5.41, 5.74) is 6.03. The van der Waals surface area contributed by atoms with Crippen molar-refractivity contribution in [3.05, 3.63) is 11.7 Å². The van der Waals surface area contributed by atoms with Crippen LogP contribution in [0.5, 0.6) is 0 Å². The predicted octanol–water partition coefficient (Wildman–Crippen LogP) is 3.46. The Labute approximate surface area is 126 Å². The van der Waals surface area contributed by atoms with Crippen molar-refractivity contribution in [3.63, 3.8) is 0 Å². The summed E-state index contributed by atoms with van der Waals surface area (Å²) >= 11 is 0. The SMILES string of the molecule is CCOC1(c2noc(C(N)C3CCCCC3)n2)CCCC1. The Bertz CT molecular complexity index is 448. The highest BCUT2D eigenvalue weighted by atomic mass is 16.5. The molecule has 2 aliphatic carbocycles. The Morgan fingerprint density at radius 2 is 1.95 bits per heavy atom. The topological polar surface area (TPSA) is 74.2 Å². The van der Waals surface area contributed by atoms with E-state index in [2.05, 4.69) is 10.1 Å². The number of ether oxygens (including phenoxy) is 1. The third-order valence-corrected chi connectivity index (χ3v) is 5.12. The van der Waals surface area contributed by atoms with Gasteiger partial charge >= 0.3 is 0 Å². The lowest BCUT2D eigenvalue weighted by molar-refractivity contribution is -0.0469. The Morgan fingerprint density at radius 1 is 1.24 bits per heavy atom. The molecule has 1 unspecified atom stereocenters. The lowest BCUT2D eigenvalue weighted by Crippen LogP contribution is -2.28. The zero-order valence-electron chi connectivity index (χ0n) is 13.0. The van der Waals surface area contributed by atoms with Crippen LogP contribution in [0.3, 0.4) is 0 Å². The molecule has 1 atom stereocenters. The Hall–Kier alpha value is -0.940. The van der Waals surface area contributed by atoms with Crippen molar-refractivity contribution in [1.82, 2.24) is 10.1 Å². The zero-order chi connectivity index (χ0) is 14.7. The molecule has 0 bridgehead atoms. The highest BCUT2D eigenvalue weighted by molar-refractivity contribution is 5.06. The van der Waals surface area contributed by atoms with Crippen LogP contribution in [-0.2, 0) is 10.3 Å². The summed E-state index contributed by atoms with van der Waals surface area (Å²) in [6, 6.07) is -0.119. The van der Waals surface area contributed by atoms with Crippen molar-refractivity contribution in [2.75, 3.05) is 6.61 Å². The number of hydrogen-bond donors (Lipinski definition) is 1. The van der Waals surface area contributed by atoms with Gasteiger partial charge in [0, 0.05) is 6.61 Å². The van der Waals surface area contributed by atoms with Gasteiger partial charge in [0.05, 0.1) is 6.04 Å². The van der Waals surface area contributed by atoms with Gasteiger partial charge in [-0.2, -0.15) is 4.98 Å². The normalized spacial score (nSPS) is 24.3. The van der Waals surface area contributed by atoms with Crippen LogP contribution in [0.2, 0.25) is 0 Å². The Balaban J connectivity index is 1.75. The second kappa shape index (κ2) is 6.44. The fourth-order valence-electron chi connectivity index (χ4n) is 3.91. The van der Waals surface area contributed by atoms with Crippen LogP contribution in [-0.4, -0.2) is 16.7 Å². The second-order valence-corrected chi connectivity index (χ2v) is 6.51. The van der Waals surface area contributed by atoms with Gasteiger partial charge in [0.25, 0.3) is 0 Å². The van der Waals surface area contributed by atoms with Crippen LogP contribution in [0.25, 0.3) is 0 Å². The third kappa shape index (κ3) is 2.99. The fraction of sp³-hybridized carbons (Fsp3) is 0.875. The maximum Gasteiger partial charge on any atom is 0.243 e. The molecule has 21 heavy (non-hydrogen) atoms. The second-order valence-electron chi connectivity index (χ2n) is 6.51. The van der Waals surface area contributed by atoms with Gasteiger partial charge in [0.2, 0.25) is 11.7 Å². The molecular weight excluding hydrogens is 266 g/mol. The maximum absolute atomic E-state index is 6.36. The van der Waals surface area contributed by atoms with Crippen LogP contribution < -0.4 is 5.73 Å². The van der Waals surface area contributed by atoms with E-state index < -0.39 is 0 Å². The average molecular weight is 293 g/mol. The van der Waals surface area contributed by atoms with Crippen molar-refractivity contribution in [3.8, 4) is 0 Å². The molecule has 0 aliphatic heterocycles. The monoisotopic (exact) mass is 293 g/mol. The molecule has 1 aromatic rings. The molecule has 0 spiro atoms. The number of nitrogens with zero attached hydrogens (tertiary/aromatic N) is 2. The number of hydrogen-bond acceptors (Lipinski definition) is 5. The van der Waals surface area contributed by atoms with Gasteiger partial charge in [-0.1, -0.05) is 24.4 Å². The van der Waals surface area contributed by atoms with Gasteiger partial charge in [0.15, 0.2) is 0 Å². The van der Waals surface area contributed by atoms with E-state index in [0.717, 1.165) is 12.8 Å². The van der Waals surface area contributed by atoms with E-state index >= 15 is 0 Å². The van der Waals surface area contributed by atoms with E-state index in [0.29, 0.717) is 24.2 Å². The molecule has 2 fully saturated rings. The average Bonchev–Trinajstić information content (AvgIpc) is 3.17. The molecular formula is C16H27N3O2. The van der Waals surface area contributed by atoms with Crippen molar-refractivity contribution < 1.29 is 9.26 Å². The van der Waals surface area contributed by atoms with Gasteiger partial charge in [-0.25, -0.2) is 0 Å². The van der Waals surface area contributed by atoms with E-state index in [1.807, 2.05) is 6.92 Å². The summed E-state index contributed by atoms with van der Waals surface area (Å²) in [6.45, 7) is 2.70. The van der Waals surface area contributed by atoms with Crippen molar-refractivity contribution >= 4 is 0 Å². The minimum Gasteiger partial charge on any atom is -0.367 e. The summed E-state index contributed by atoms with van der Waals surface area (Å²) in [4.78, 5) is 4.63. The first kappa shape index (κ1) is 15.0. The number of nitrogens with two attached hydrogens (primary N) is 1. The molecule has 3 rings (SSSR count). The van der Waals surface area contributed by atoms with Crippen LogP contribution in [0.15, 0.2) is 4.52 Å². The van der Waals surface area contributed by atoms with Crippen LogP contribution >= 0.6 is 0 Å². The fourth-order valence-corrected chi connectivity index (χ4v) is 3.91. The first-order valence-electron chi connectivity index (χ1n) is 8.49. The van der Waals surface area contributed by atoms with E-state index in [9.17, 15) is 0 Å². The first-order valence-corrected chi connectivity index (χ1v) is 8.49. The van der Waals surface area contributed by atoms with Crippen LogP contribution in [0.4, 0.5) is 0 Å². The van der Waals surface area contributed by atoms with Gasteiger partial charge in [-0.05, 0) is 51.4 Å². The highest BCUT2D eigenvalue weighted by Crippen LogP contribution is 2.41. The van der Waals surface area contributed by atoms with Gasteiger partial charge < -0.3 is 15.0 Å². The van der Waals surface area contributed by atoms with Crippen molar-refractivity contribution in [2.45, 2.75) is 76.4 Å². The lowest BCUT2D eigenvalue weighted by atomic mass is 9.84. The molecule has 1 heterocycles. The minimum atomic E-state index is -0.331. The molecule has 0 saturated heterocycles. The molecule has 2 aliphatic rings.